The van der Waals surface area contributed by atoms with Gasteiger partial charge in [-0.3, -0.25) is 4.98 Å². The first-order chi connectivity index (χ1) is 11.1. The van der Waals surface area contributed by atoms with Gasteiger partial charge in [-0.05, 0) is 50.8 Å². The van der Waals surface area contributed by atoms with E-state index in [1.54, 1.807) is 6.20 Å². The Labute approximate surface area is 137 Å². The Balaban J connectivity index is 1.96. The predicted molar refractivity (Wildman–Crippen MR) is 92.5 cm³/mol. The van der Waals surface area contributed by atoms with Gasteiger partial charge in [0.15, 0.2) is 5.82 Å². The number of hydrogen-bond acceptors (Lipinski definition) is 4. The summed E-state index contributed by atoms with van der Waals surface area (Å²) in [4.78, 5) is 14.3. The monoisotopic (exact) mass is 309 g/mol. The second-order valence-corrected chi connectivity index (χ2v) is 6.07. The molecule has 2 aromatic rings. The largest absolute Gasteiger partial charge is 0.368 e. The molecule has 2 aromatic heterocycles. The molecule has 5 nitrogen and oxygen atoms in total. The molecular formula is C18H23N5. The molecule has 1 aliphatic rings. The van der Waals surface area contributed by atoms with Crippen molar-refractivity contribution in [2.24, 2.45) is 0 Å². The van der Waals surface area contributed by atoms with Crippen LogP contribution >= 0.6 is 0 Å². The smallest absolute Gasteiger partial charge is 0.153 e. The summed E-state index contributed by atoms with van der Waals surface area (Å²) in [5.41, 5.74) is 4.32. The summed E-state index contributed by atoms with van der Waals surface area (Å²) in [5, 5.41) is 8.53. The fraction of sp³-hybridized carbons (Fsp3) is 0.389. The third-order valence-electron chi connectivity index (χ3n) is 4.23. The third-order valence-corrected chi connectivity index (χ3v) is 4.23. The molecule has 1 saturated heterocycles. The van der Waals surface area contributed by atoms with E-state index in [0.29, 0.717) is 5.71 Å². The van der Waals surface area contributed by atoms with Crippen molar-refractivity contribution in [1.29, 1.82) is 5.41 Å². The lowest BCUT2D eigenvalue weighted by molar-refractivity contribution is 0.324. The van der Waals surface area contributed by atoms with E-state index in [0.717, 1.165) is 41.4 Å². The zero-order valence-corrected chi connectivity index (χ0v) is 13.8. The zero-order valence-electron chi connectivity index (χ0n) is 13.8. The number of likely N-dealkylation sites (tertiary alicyclic amines) is 1. The second kappa shape index (κ2) is 6.77. The summed E-state index contributed by atoms with van der Waals surface area (Å²) in [6.45, 7) is 5.99. The SMILES string of the molecule is Cc1cnc(C)c(C(=N)/C=C(\c2ncc[nH]2)N2CCCCC2)c1. The van der Waals surface area contributed by atoms with Crippen LogP contribution in [0.2, 0.25) is 0 Å². The Morgan fingerprint density at radius 3 is 2.70 bits per heavy atom. The van der Waals surface area contributed by atoms with E-state index in [4.69, 9.17) is 5.41 Å². The summed E-state index contributed by atoms with van der Waals surface area (Å²) >= 11 is 0. The topological polar surface area (TPSA) is 68.7 Å². The molecule has 3 rings (SSSR count). The Bertz CT molecular complexity index is 709. The van der Waals surface area contributed by atoms with E-state index in [-0.39, 0.29) is 0 Å². The van der Waals surface area contributed by atoms with Gasteiger partial charge in [0.25, 0.3) is 0 Å². The molecule has 5 heteroatoms. The molecular weight excluding hydrogens is 286 g/mol. The average Bonchev–Trinajstić information content (AvgIpc) is 3.09. The number of pyridine rings is 1. The number of piperidine rings is 1. The van der Waals surface area contributed by atoms with Crippen LogP contribution < -0.4 is 0 Å². The second-order valence-electron chi connectivity index (χ2n) is 6.07. The summed E-state index contributed by atoms with van der Waals surface area (Å²) < 4.78 is 0. The Kier molecular flexibility index (Phi) is 4.55. The van der Waals surface area contributed by atoms with E-state index < -0.39 is 0 Å². The molecule has 0 bridgehead atoms. The first-order valence-corrected chi connectivity index (χ1v) is 8.14. The molecule has 1 fully saturated rings. The summed E-state index contributed by atoms with van der Waals surface area (Å²) in [6.07, 6.45) is 11.0. The number of allylic oxidation sites excluding steroid dienone is 1. The number of rotatable bonds is 4. The predicted octanol–water partition coefficient (Wildman–Crippen LogP) is 3.32. The van der Waals surface area contributed by atoms with Gasteiger partial charge in [-0.25, -0.2) is 4.98 Å². The van der Waals surface area contributed by atoms with Gasteiger partial charge in [-0.1, -0.05) is 0 Å². The van der Waals surface area contributed by atoms with Gasteiger partial charge in [0.05, 0.1) is 11.4 Å². The molecule has 0 aliphatic carbocycles. The fourth-order valence-electron chi connectivity index (χ4n) is 2.97. The molecule has 0 aromatic carbocycles. The number of aromatic nitrogens is 3. The third kappa shape index (κ3) is 3.50. The maximum absolute atomic E-state index is 8.53. The molecule has 120 valence electrons. The molecule has 0 amide bonds. The minimum Gasteiger partial charge on any atom is -0.368 e. The fourth-order valence-corrected chi connectivity index (χ4v) is 2.97. The number of nitrogens with zero attached hydrogens (tertiary/aromatic N) is 3. The molecule has 1 aliphatic heterocycles. The number of aryl methyl sites for hydroxylation is 2. The minimum absolute atomic E-state index is 0.482. The molecule has 0 radical (unpaired) electrons. The lowest BCUT2D eigenvalue weighted by Gasteiger charge is -2.30. The van der Waals surface area contributed by atoms with Crippen LogP contribution in [-0.2, 0) is 0 Å². The van der Waals surface area contributed by atoms with Crippen LogP contribution in [0.4, 0.5) is 0 Å². The summed E-state index contributed by atoms with van der Waals surface area (Å²) in [5.74, 6) is 0.829. The van der Waals surface area contributed by atoms with E-state index in [1.165, 1.54) is 19.3 Å². The first kappa shape index (κ1) is 15.5. The number of H-pyrrole nitrogens is 1. The molecule has 0 atom stereocenters. The number of hydrogen-bond donors (Lipinski definition) is 2. The van der Waals surface area contributed by atoms with Crippen LogP contribution in [0.25, 0.3) is 5.70 Å². The average molecular weight is 309 g/mol. The van der Waals surface area contributed by atoms with Crippen molar-refractivity contribution in [3.63, 3.8) is 0 Å². The van der Waals surface area contributed by atoms with Crippen molar-refractivity contribution in [2.45, 2.75) is 33.1 Å². The Hall–Kier alpha value is -2.43. The van der Waals surface area contributed by atoms with Crippen LogP contribution in [0.1, 0.15) is 41.9 Å². The van der Waals surface area contributed by atoms with Crippen molar-refractivity contribution in [1.82, 2.24) is 19.9 Å². The molecule has 2 N–H and O–H groups in total. The van der Waals surface area contributed by atoms with E-state index in [2.05, 4.69) is 19.9 Å². The van der Waals surface area contributed by atoms with Gasteiger partial charge < -0.3 is 15.3 Å². The molecule has 23 heavy (non-hydrogen) atoms. The number of nitrogens with one attached hydrogen (secondary N) is 2. The molecule has 3 heterocycles. The highest BCUT2D eigenvalue weighted by Crippen LogP contribution is 2.22. The normalized spacial score (nSPS) is 15.7. The maximum atomic E-state index is 8.53. The van der Waals surface area contributed by atoms with Gasteiger partial charge in [0.1, 0.15) is 0 Å². The van der Waals surface area contributed by atoms with Crippen LogP contribution in [0.3, 0.4) is 0 Å². The lowest BCUT2D eigenvalue weighted by atomic mass is 10.0. The summed E-state index contributed by atoms with van der Waals surface area (Å²) in [7, 11) is 0. The molecule has 0 unspecified atom stereocenters. The van der Waals surface area contributed by atoms with Crippen molar-refractivity contribution < 1.29 is 0 Å². The lowest BCUT2D eigenvalue weighted by Crippen LogP contribution is -2.29. The van der Waals surface area contributed by atoms with Crippen LogP contribution in [0.15, 0.2) is 30.7 Å². The Morgan fingerprint density at radius 1 is 1.22 bits per heavy atom. The van der Waals surface area contributed by atoms with Crippen LogP contribution in [-0.4, -0.2) is 38.7 Å². The standard InChI is InChI=1S/C18H23N5/c1-13-10-15(14(2)22-12-13)16(19)11-17(18-20-6-7-21-18)23-8-4-3-5-9-23/h6-7,10-12,19H,3-5,8-9H2,1-2H3,(H,20,21)/b17-11+,19-16?. The quantitative estimate of drug-likeness (QED) is 0.851. The van der Waals surface area contributed by atoms with Gasteiger partial charge >= 0.3 is 0 Å². The first-order valence-electron chi connectivity index (χ1n) is 8.14. The highest BCUT2D eigenvalue weighted by molar-refractivity contribution is 6.10. The van der Waals surface area contributed by atoms with Gasteiger partial charge in [-0.15, -0.1) is 0 Å². The highest BCUT2D eigenvalue weighted by atomic mass is 15.2. The van der Waals surface area contributed by atoms with Gasteiger partial charge in [-0.2, -0.15) is 0 Å². The van der Waals surface area contributed by atoms with Gasteiger partial charge in [0, 0.05) is 42.9 Å². The van der Waals surface area contributed by atoms with Gasteiger partial charge in [0.2, 0.25) is 0 Å². The summed E-state index contributed by atoms with van der Waals surface area (Å²) in [6, 6.07) is 2.02. The number of imidazole rings is 1. The maximum Gasteiger partial charge on any atom is 0.153 e. The van der Waals surface area contributed by atoms with Crippen molar-refractivity contribution in [3.8, 4) is 0 Å². The van der Waals surface area contributed by atoms with E-state index in [1.807, 2.05) is 38.4 Å². The number of aromatic amines is 1. The molecule has 0 saturated carbocycles. The minimum atomic E-state index is 0.482. The van der Waals surface area contributed by atoms with Crippen LogP contribution in [0.5, 0.6) is 0 Å². The van der Waals surface area contributed by atoms with Crippen molar-refractivity contribution in [3.05, 3.63) is 53.4 Å². The Morgan fingerprint density at radius 2 is 2.00 bits per heavy atom. The van der Waals surface area contributed by atoms with E-state index in [9.17, 15) is 0 Å². The highest BCUT2D eigenvalue weighted by Gasteiger charge is 2.18. The van der Waals surface area contributed by atoms with Crippen molar-refractivity contribution in [2.75, 3.05) is 13.1 Å². The van der Waals surface area contributed by atoms with Crippen LogP contribution in [0, 0.1) is 19.3 Å². The molecule has 0 spiro atoms. The zero-order chi connectivity index (χ0) is 16.2. The van der Waals surface area contributed by atoms with Crippen molar-refractivity contribution >= 4 is 11.4 Å². The van der Waals surface area contributed by atoms with E-state index >= 15 is 0 Å².